The quantitative estimate of drug-likeness (QED) is 0.459. The van der Waals surface area contributed by atoms with Crippen molar-refractivity contribution in [3.63, 3.8) is 0 Å². The number of hydrogen-bond donors (Lipinski definition) is 1. The minimum absolute atomic E-state index is 0.0105. The van der Waals surface area contributed by atoms with E-state index >= 15 is 0 Å². The van der Waals surface area contributed by atoms with Crippen LogP contribution in [0.4, 0.5) is 20.2 Å². The number of aromatic nitrogens is 2. The molecule has 7 nitrogen and oxygen atoms in total. The molecule has 0 unspecified atom stereocenters. The molecule has 160 valence electrons. The van der Waals surface area contributed by atoms with Crippen LogP contribution < -0.4 is 9.62 Å². The molecule has 0 atom stereocenters. The first-order valence-corrected chi connectivity index (χ1v) is 11.6. The minimum atomic E-state index is -3.80. The number of anilines is 2. The van der Waals surface area contributed by atoms with E-state index in [2.05, 4.69) is 15.3 Å². The number of fused-ring (bicyclic) bond motifs is 3. The topological polar surface area (TPSA) is 92.3 Å². The highest BCUT2D eigenvalue weighted by molar-refractivity contribution is 7.99. The molecule has 0 saturated carbocycles. The normalized spacial score (nSPS) is 14.0. The lowest BCUT2D eigenvalue weighted by molar-refractivity contribution is -0.113. The molecule has 1 amide bonds. The van der Waals surface area contributed by atoms with Crippen LogP contribution in [-0.4, -0.2) is 36.6 Å². The van der Waals surface area contributed by atoms with Gasteiger partial charge in [-0.2, -0.15) is 0 Å². The van der Waals surface area contributed by atoms with Crippen LogP contribution in [0.25, 0.3) is 11.3 Å². The first kappa shape index (κ1) is 21.2. The molecule has 0 bridgehead atoms. The first-order chi connectivity index (χ1) is 14.8. The van der Waals surface area contributed by atoms with Crippen molar-refractivity contribution in [1.29, 1.82) is 0 Å². The third-order valence-corrected chi connectivity index (χ3v) is 7.30. The van der Waals surface area contributed by atoms with Gasteiger partial charge in [0.05, 0.1) is 29.0 Å². The van der Waals surface area contributed by atoms with Crippen molar-refractivity contribution in [2.24, 2.45) is 0 Å². The van der Waals surface area contributed by atoms with Crippen LogP contribution in [0.15, 0.2) is 58.7 Å². The predicted molar refractivity (Wildman–Crippen MR) is 113 cm³/mol. The van der Waals surface area contributed by atoms with Crippen LogP contribution in [0.3, 0.4) is 0 Å². The number of carbonyl (C=O) groups excluding carboxylic acids is 1. The van der Waals surface area contributed by atoms with Crippen LogP contribution in [0.2, 0.25) is 0 Å². The van der Waals surface area contributed by atoms with Crippen molar-refractivity contribution in [3.8, 4) is 11.3 Å². The highest BCUT2D eigenvalue weighted by atomic mass is 32.2. The summed E-state index contributed by atoms with van der Waals surface area (Å²) in [5.41, 5.74) is 1.15. The van der Waals surface area contributed by atoms with Gasteiger partial charge in [-0.15, -0.1) is 0 Å². The third-order valence-electron chi connectivity index (χ3n) is 4.55. The van der Waals surface area contributed by atoms with Gasteiger partial charge in [0.1, 0.15) is 16.5 Å². The molecule has 1 aliphatic rings. The number of thioether (sulfide) groups is 1. The molecule has 0 saturated heterocycles. The summed E-state index contributed by atoms with van der Waals surface area (Å²) in [5, 5.41) is 2.48. The van der Waals surface area contributed by atoms with Crippen molar-refractivity contribution in [1.82, 2.24) is 9.97 Å². The van der Waals surface area contributed by atoms with Gasteiger partial charge < -0.3 is 5.32 Å². The molecule has 1 aliphatic heterocycles. The maximum atomic E-state index is 13.7. The Kier molecular flexibility index (Phi) is 5.63. The molecule has 0 radical (unpaired) electrons. The van der Waals surface area contributed by atoms with Gasteiger partial charge in [-0.25, -0.2) is 27.2 Å². The number of sulfonamides is 1. The maximum absolute atomic E-state index is 13.7. The monoisotopic (exact) mass is 462 g/mol. The van der Waals surface area contributed by atoms with E-state index in [0.717, 1.165) is 30.0 Å². The average molecular weight is 463 g/mol. The molecule has 11 heteroatoms. The molecule has 31 heavy (non-hydrogen) atoms. The average Bonchev–Trinajstić information content (AvgIpc) is 2.75. The molecule has 1 aromatic heterocycles. The Morgan fingerprint density at radius 3 is 2.74 bits per heavy atom. The summed E-state index contributed by atoms with van der Waals surface area (Å²) >= 11 is 0.953. The van der Waals surface area contributed by atoms with E-state index in [0.29, 0.717) is 11.3 Å². The third kappa shape index (κ3) is 3.98. The van der Waals surface area contributed by atoms with Gasteiger partial charge in [-0.05, 0) is 25.1 Å². The summed E-state index contributed by atoms with van der Waals surface area (Å²) in [6, 6.07) is 9.75. The van der Waals surface area contributed by atoms with E-state index in [1.54, 1.807) is 31.2 Å². The number of carbonyl (C=O) groups is 1. The fourth-order valence-electron chi connectivity index (χ4n) is 3.20. The zero-order valence-electron chi connectivity index (χ0n) is 16.2. The molecule has 0 fully saturated rings. The fraction of sp³-hybridized carbons (Fsp3) is 0.150. The molecular weight excluding hydrogens is 446 g/mol. The van der Waals surface area contributed by atoms with E-state index in [9.17, 15) is 22.0 Å². The van der Waals surface area contributed by atoms with Gasteiger partial charge in [0, 0.05) is 18.2 Å². The van der Waals surface area contributed by atoms with Crippen molar-refractivity contribution in [2.75, 3.05) is 21.9 Å². The van der Waals surface area contributed by atoms with E-state index in [1.807, 2.05) is 0 Å². The molecular formula is C20H16F2N4O3S2. The molecule has 2 heterocycles. The lowest BCUT2D eigenvalue weighted by Gasteiger charge is -2.30. The van der Waals surface area contributed by atoms with Gasteiger partial charge in [0.25, 0.3) is 10.0 Å². The smallest absolute Gasteiger partial charge is 0.268 e. The lowest BCUT2D eigenvalue weighted by Crippen LogP contribution is -2.34. The number of benzene rings is 2. The number of amides is 1. The van der Waals surface area contributed by atoms with E-state index < -0.39 is 27.6 Å². The van der Waals surface area contributed by atoms with Gasteiger partial charge in [-0.3, -0.25) is 9.10 Å². The number of para-hydroxylation sites is 1. The molecule has 4 rings (SSSR count). The number of hydrogen-bond acceptors (Lipinski definition) is 6. The van der Waals surface area contributed by atoms with Crippen LogP contribution >= 0.6 is 11.8 Å². The van der Waals surface area contributed by atoms with Crippen molar-refractivity contribution in [3.05, 3.63) is 60.3 Å². The Balaban J connectivity index is 1.58. The zero-order valence-corrected chi connectivity index (χ0v) is 17.8. The van der Waals surface area contributed by atoms with Crippen molar-refractivity contribution in [2.45, 2.75) is 17.0 Å². The Bertz CT molecular complexity index is 1290. The standard InChI is InChI=1S/C20H16F2N4O3S2/c1-2-26-16-6-4-3-5-13(16)19-17(31(26,28)29)10-23-20(25-19)30-11-18(27)24-15-9-12(21)7-8-14(15)22/h3-10H,2,11H2,1H3,(H,24,27). The maximum Gasteiger partial charge on any atom is 0.268 e. The lowest BCUT2D eigenvalue weighted by atomic mass is 10.1. The highest BCUT2D eigenvalue weighted by Crippen LogP contribution is 2.41. The predicted octanol–water partition coefficient (Wildman–Crippen LogP) is 3.68. The van der Waals surface area contributed by atoms with Gasteiger partial charge in [-0.1, -0.05) is 30.0 Å². The molecule has 0 aliphatic carbocycles. The van der Waals surface area contributed by atoms with Crippen molar-refractivity contribution >= 4 is 39.1 Å². The van der Waals surface area contributed by atoms with E-state index in [1.165, 1.54) is 10.5 Å². The van der Waals surface area contributed by atoms with Gasteiger partial charge in [0.15, 0.2) is 5.16 Å². The number of nitrogens with one attached hydrogen (secondary N) is 1. The van der Waals surface area contributed by atoms with Crippen LogP contribution in [0.1, 0.15) is 6.92 Å². The molecule has 1 N–H and O–H groups in total. The number of rotatable bonds is 5. The largest absolute Gasteiger partial charge is 0.323 e. The Morgan fingerprint density at radius 2 is 1.97 bits per heavy atom. The summed E-state index contributed by atoms with van der Waals surface area (Å²) in [5.74, 6) is -2.19. The SMILES string of the molecule is CCN1c2ccccc2-c2nc(SCC(=O)Nc3cc(F)ccc3F)ncc2S1(=O)=O. The highest BCUT2D eigenvalue weighted by Gasteiger charge is 2.35. The van der Waals surface area contributed by atoms with Crippen LogP contribution in [0, 0.1) is 11.6 Å². The Morgan fingerprint density at radius 1 is 1.19 bits per heavy atom. The first-order valence-electron chi connectivity index (χ1n) is 9.18. The number of halogens is 2. The Hall–Kier alpha value is -3.05. The second kappa shape index (κ2) is 8.23. The van der Waals surface area contributed by atoms with Crippen LogP contribution in [-0.2, 0) is 14.8 Å². The van der Waals surface area contributed by atoms with Crippen LogP contribution in [0.5, 0.6) is 0 Å². The summed E-state index contributed by atoms with van der Waals surface area (Å²) in [6.07, 6.45) is 1.22. The van der Waals surface area contributed by atoms with Crippen molar-refractivity contribution < 1.29 is 22.0 Å². The summed E-state index contributed by atoms with van der Waals surface area (Å²) in [4.78, 5) is 20.6. The number of nitrogens with zero attached hydrogens (tertiary/aromatic N) is 3. The van der Waals surface area contributed by atoms with Gasteiger partial charge in [0.2, 0.25) is 5.91 Å². The fourth-order valence-corrected chi connectivity index (χ4v) is 5.39. The zero-order chi connectivity index (χ0) is 22.2. The van der Waals surface area contributed by atoms with Gasteiger partial charge >= 0.3 is 0 Å². The van der Waals surface area contributed by atoms with E-state index in [4.69, 9.17) is 0 Å². The molecule has 3 aromatic rings. The molecule has 2 aromatic carbocycles. The second-order valence-electron chi connectivity index (χ2n) is 6.51. The summed E-state index contributed by atoms with van der Waals surface area (Å²) in [6.45, 7) is 2.00. The second-order valence-corrected chi connectivity index (χ2v) is 9.29. The molecule has 0 spiro atoms. The summed E-state index contributed by atoms with van der Waals surface area (Å²) < 4.78 is 54.1. The minimum Gasteiger partial charge on any atom is -0.323 e. The Labute approximate surface area is 181 Å². The summed E-state index contributed by atoms with van der Waals surface area (Å²) in [7, 11) is -3.80. The van der Waals surface area contributed by atoms with E-state index in [-0.39, 0.29) is 33.7 Å².